The van der Waals surface area contributed by atoms with Crippen molar-refractivity contribution in [3.63, 3.8) is 0 Å². The van der Waals surface area contributed by atoms with Crippen molar-refractivity contribution in [1.29, 1.82) is 10.5 Å². The van der Waals surface area contributed by atoms with Crippen LogP contribution in [-0.2, 0) is 27.1 Å². The number of carbonyl (C=O) groups excluding carboxylic acids is 1. The highest BCUT2D eigenvalue weighted by molar-refractivity contribution is 7.99. The highest BCUT2D eigenvalue weighted by atomic mass is 32.2. The number of rotatable bonds is 6. The molecule has 1 atom stereocenters. The summed E-state index contributed by atoms with van der Waals surface area (Å²) in [4.78, 5) is 18.7. The largest absolute Gasteiger partial charge is 0.463 e. The van der Waals surface area contributed by atoms with E-state index >= 15 is 0 Å². The molecule has 0 aromatic carbocycles. The SMILES string of the molecule is CCOC(=O)C1=C(CSc2nc3c(cc2C#N)CCCCCC3)OC(N)=C(C#N)[C@@H]1c1cccs1. The van der Waals surface area contributed by atoms with Crippen LogP contribution in [0.4, 0.5) is 0 Å². The molecule has 0 spiro atoms. The van der Waals surface area contributed by atoms with E-state index < -0.39 is 11.9 Å². The van der Waals surface area contributed by atoms with Crippen LogP contribution in [0.1, 0.15) is 60.2 Å². The lowest BCUT2D eigenvalue weighted by molar-refractivity contribution is -0.139. The van der Waals surface area contributed by atoms with Gasteiger partial charge in [0.15, 0.2) is 0 Å². The summed E-state index contributed by atoms with van der Waals surface area (Å²) in [5, 5.41) is 22.1. The molecule has 1 aliphatic heterocycles. The Morgan fingerprint density at radius 3 is 2.77 bits per heavy atom. The first-order valence-corrected chi connectivity index (χ1v) is 13.5. The van der Waals surface area contributed by atoms with Gasteiger partial charge in [0.2, 0.25) is 5.88 Å². The maximum absolute atomic E-state index is 13.1. The number of allylic oxidation sites excluding steroid dienone is 1. The van der Waals surface area contributed by atoms with Gasteiger partial charge in [-0.3, -0.25) is 0 Å². The number of hydrogen-bond acceptors (Lipinski definition) is 9. The Balaban J connectivity index is 1.71. The van der Waals surface area contributed by atoms with Crippen LogP contribution in [0, 0.1) is 22.7 Å². The van der Waals surface area contributed by atoms with E-state index in [4.69, 9.17) is 20.2 Å². The number of pyridine rings is 1. The van der Waals surface area contributed by atoms with Crippen molar-refractivity contribution in [1.82, 2.24) is 4.98 Å². The van der Waals surface area contributed by atoms with Crippen molar-refractivity contribution in [2.45, 2.75) is 56.4 Å². The Morgan fingerprint density at radius 1 is 1.29 bits per heavy atom. The van der Waals surface area contributed by atoms with Crippen LogP contribution >= 0.6 is 23.1 Å². The molecule has 2 N–H and O–H groups in total. The molecule has 2 aromatic heterocycles. The molecule has 0 saturated carbocycles. The number of hydrogen-bond donors (Lipinski definition) is 1. The smallest absolute Gasteiger partial charge is 0.338 e. The molecule has 9 heteroatoms. The van der Waals surface area contributed by atoms with E-state index in [9.17, 15) is 15.3 Å². The summed E-state index contributed by atoms with van der Waals surface area (Å²) in [7, 11) is 0. The Morgan fingerprint density at radius 2 is 2.09 bits per heavy atom. The topological polar surface area (TPSA) is 122 Å². The summed E-state index contributed by atoms with van der Waals surface area (Å²) in [6, 6.07) is 10.1. The Kier molecular flexibility index (Phi) is 8.12. The molecule has 7 nitrogen and oxygen atoms in total. The fourth-order valence-electron chi connectivity index (χ4n) is 4.39. The first kappa shape index (κ1) is 24.8. The van der Waals surface area contributed by atoms with Gasteiger partial charge in [0.1, 0.15) is 28.5 Å². The number of carbonyl (C=O) groups is 1. The van der Waals surface area contributed by atoms with Gasteiger partial charge < -0.3 is 15.2 Å². The van der Waals surface area contributed by atoms with Crippen LogP contribution < -0.4 is 5.73 Å². The van der Waals surface area contributed by atoms with Crippen molar-refractivity contribution >= 4 is 29.1 Å². The average molecular weight is 507 g/mol. The van der Waals surface area contributed by atoms with Crippen LogP contribution in [0.15, 0.2) is 51.4 Å². The van der Waals surface area contributed by atoms with Gasteiger partial charge in [0, 0.05) is 10.6 Å². The molecule has 0 radical (unpaired) electrons. The van der Waals surface area contributed by atoms with Gasteiger partial charge >= 0.3 is 5.97 Å². The van der Waals surface area contributed by atoms with E-state index in [1.54, 1.807) is 6.92 Å². The molecule has 0 unspecified atom stereocenters. The lowest BCUT2D eigenvalue weighted by Crippen LogP contribution is -2.26. The molecular formula is C26H26N4O3S2. The van der Waals surface area contributed by atoms with Gasteiger partial charge in [0.05, 0.1) is 29.4 Å². The van der Waals surface area contributed by atoms with E-state index in [2.05, 4.69) is 12.1 Å². The molecule has 1 aliphatic carbocycles. The normalized spacial score (nSPS) is 18.0. The fourth-order valence-corrected chi connectivity index (χ4v) is 6.15. The van der Waals surface area contributed by atoms with E-state index in [1.807, 2.05) is 23.6 Å². The number of nitriles is 2. The van der Waals surface area contributed by atoms with E-state index in [-0.39, 0.29) is 29.4 Å². The molecule has 35 heavy (non-hydrogen) atoms. The standard InChI is InChI=1S/C26H26N4O3S2/c1-2-32-26(31)23-20(33-24(29)18(14-28)22(23)21-10-7-11-34-21)15-35-25-17(13-27)12-16-8-5-3-4-6-9-19(16)30-25/h7,10-12,22H,2-6,8-9,15,29H2,1H3/t22-/m1/s1. The quantitative estimate of drug-likeness (QED) is 0.425. The first-order chi connectivity index (χ1) is 17.1. The number of thioether (sulfide) groups is 1. The molecule has 0 amide bonds. The molecule has 2 aliphatic rings. The number of aryl methyl sites for hydroxylation is 2. The summed E-state index contributed by atoms with van der Waals surface area (Å²) in [5.41, 5.74) is 9.28. The summed E-state index contributed by atoms with van der Waals surface area (Å²) in [6.07, 6.45) is 6.40. The number of thiophene rings is 1. The molecule has 180 valence electrons. The molecular weight excluding hydrogens is 480 g/mol. The second-order valence-corrected chi connectivity index (χ2v) is 10.2. The molecule has 0 fully saturated rings. The minimum atomic E-state index is -0.664. The molecule has 0 saturated heterocycles. The van der Waals surface area contributed by atoms with E-state index in [1.165, 1.54) is 35.9 Å². The van der Waals surface area contributed by atoms with Gasteiger partial charge in [-0.05, 0) is 55.7 Å². The highest BCUT2D eigenvalue weighted by Gasteiger charge is 2.38. The van der Waals surface area contributed by atoms with Gasteiger partial charge in [-0.1, -0.05) is 30.7 Å². The second kappa shape index (κ2) is 11.4. The van der Waals surface area contributed by atoms with Crippen LogP contribution in [0.2, 0.25) is 0 Å². The van der Waals surface area contributed by atoms with Crippen molar-refractivity contribution < 1.29 is 14.3 Å². The van der Waals surface area contributed by atoms with Crippen LogP contribution in [0.3, 0.4) is 0 Å². The highest BCUT2D eigenvalue weighted by Crippen LogP contribution is 2.42. The Hall–Kier alpha value is -3.27. The first-order valence-electron chi connectivity index (χ1n) is 11.6. The number of nitrogens with two attached hydrogens (primary N) is 1. The molecule has 0 bridgehead atoms. The average Bonchev–Trinajstić information content (AvgIpc) is 3.37. The molecule has 3 heterocycles. The fraction of sp³-hybridized carbons (Fsp3) is 0.385. The Bertz CT molecular complexity index is 1250. The summed E-state index contributed by atoms with van der Waals surface area (Å²) in [5.74, 6) is -0.700. The zero-order chi connectivity index (χ0) is 24.8. The predicted octanol–water partition coefficient (Wildman–Crippen LogP) is 5.09. The van der Waals surface area contributed by atoms with Crippen molar-refractivity contribution in [2.24, 2.45) is 5.73 Å². The van der Waals surface area contributed by atoms with Gasteiger partial charge in [-0.15, -0.1) is 11.3 Å². The van der Waals surface area contributed by atoms with E-state index in [0.29, 0.717) is 16.3 Å². The van der Waals surface area contributed by atoms with Crippen LogP contribution in [0.25, 0.3) is 0 Å². The summed E-state index contributed by atoms with van der Waals surface area (Å²) >= 11 is 2.76. The minimum absolute atomic E-state index is 0.0267. The number of fused-ring (bicyclic) bond motifs is 1. The number of ether oxygens (including phenoxy) is 2. The van der Waals surface area contributed by atoms with Gasteiger partial charge in [-0.2, -0.15) is 10.5 Å². The predicted molar refractivity (Wildman–Crippen MR) is 134 cm³/mol. The second-order valence-electron chi connectivity index (χ2n) is 8.26. The minimum Gasteiger partial charge on any atom is -0.463 e. The van der Waals surface area contributed by atoms with Gasteiger partial charge in [-0.25, -0.2) is 9.78 Å². The van der Waals surface area contributed by atoms with Crippen LogP contribution in [0.5, 0.6) is 0 Å². The van der Waals surface area contributed by atoms with Crippen LogP contribution in [-0.4, -0.2) is 23.3 Å². The third-order valence-corrected chi connectivity index (χ3v) is 7.97. The van der Waals surface area contributed by atoms with E-state index in [0.717, 1.165) is 41.8 Å². The maximum Gasteiger partial charge on any atom is 0.338 e. The lowest BCUT2D eigenvalue weighted by atomic mass is 9.87. The number of nitrogens with zero attached hydrogens (tertiary/aromatic N) is 3. The maximum atomic E-state index is 13.1. The third kappa shape index (κ3) is 5.37. The number of aromatic nitrogens is 1. The lowest BCUT2D eigenvalue weighted by Gasteiger charge is -2.27. The third-order valence-electron chi connectivity index (χ3n) is 6.05. The zero-order valence-corrected chi connectivity index (χ0v) is 21.1. The van der Waals surface area contributed by atoms with Crippen molar-refractivity contribution in [2.75, 3.05) is 12.4 Å². The molecule has 4 rings (SSSR count). The molecule has 2 aromatic rings. The summed E-state index contributed by atoms with van der Waals surface area (Å²) < 4.78 is 11.2. The zero-order valence-electron chi connectivity index (χ0n) is 19.5. The monoisotopic (exact) mass is 506 g/mol. The van der Waals surface area contributed by atoms with Gasteiger partial charge in [0.25, 0.3) is 0 Å². The summed E-state index contributed by atoms with van der Waals surface area (Å²) in [6.45, 7) is 1.92. The number of esters is 1. The van der Waals surface area contributed by atoms with Crippen molar-refractivity contribution in [3.05, 3.63) is 68.1 Å². The Labute approximate surface area is 213 Å². The van der Waals surface area contributed by atoms with Crippen molar-refractivity contribution in [3.8, 4) is 12.1 Å².